The minimum Gasteiger partial charge on any atom is -0.507 e. The van der Waals surface area contributed by atoms with Gasteiger partial charge in [-0.05, 0) is 23.0 Å². The molecule has 0 saturated carbocycles. The second kappa shape index (κ2) is 5.34. The van der Waals surface area contributed by atoms with Crippen LogP contribution < -0.4 is 0 Å². The van der Waals surface area contributed by atoms with Gasteiger partial charge in [0.05, 0.1) is 0 Å². The molecule has 0 heterocycles. The first kappa shape index (κ1) is 17.0. The first-order valence-electron chi connectivity index (χ1n) is 5.57. The number of rotatable bonds is 0. The van der Waals surface area contributed by atoms with Gasteiger partial charge in [0.25, 0.3) is 0 Å². The third kappa shape index (κ3) is 4.01. The van der Waals surface area contributed by atoms with Crippen LogP contribution in [0.1, 0.15) is 52.7 Å². The maximum absolute atomic E-state index is 10.4. The third-order valence-electron chi connectivity index (χ3n) is 2.69. The molecule has 0 aromatic heterocycles. The molecule has 0 bridgehead atoms. The summed E-state index contributed by atoms with van der Waals surface area (Å²) in [6.45, 7) is 12.7. The number of phenols is 1. The minimum absolute atomic E-state index is 0. The second-order valence-electron chi connectivity index (χ2n) is 6.35. The molecule has 0 aliphatic rings. The Balaban J connectivity index is 0.00000256. The Morgan fingerprint density at radius 2 is 1.18 bits per heavy atom. The summed E-state index contributed by atoms with van der Waals surface area (Å²) < 4.78 is 1.03. The van der Waals surface area contributed by atoms with Crippen molar-refractivity contribution in [2.75, 3.05) is 0 Å². The van der Waals surface area contributed by atoms with Gasteiger partial charge in [-0.2, -0.15) is 0 Å². The number of aromatic hydroxyl groups is 1. The van der Waals surface area contributed by atoms with E-state index in [2.05, 4.69) is 57.5 Å². The van der Waals surface area contributed by atoms with Crippen molar-refractivity contribution in [1.82, 2.24) is 0 Å². The van der Waals surface area contributed by atoms with Crippen LogP contribution in [0, 0.1) is 0 Å². The Morgan fingerprint density at radius 3 is 1.41 bits per heavy atom. The molecule has 3 heteroatoms. The first-order chi connectivity index (χ1) is 7.03. The van der Waals surface area contributed by atoms with E-state index in [-0.39, 0.29) is 27.9 Å². The van der Waals surface area contributed by atoms with E-state index in [4.69, 9.17) is 0 Å². The van der Waals surface area contributed by atoms with Gasteiger partial charge in [-0.3, -0.25) is 0 Å². The molecule has 1 radical (unpaired) electrons. The summed E-state index contributed by atoms with van der Waals surface area (Å²) in [5.41, 5.74) is 1.89. The Labute approximate surface area is 124 Å². The number of phenolic OH excluding ortho intramolecular Hbond substituents is 1. The van der Waals surface area contributed by atoms with Crippen LogP contribution in [0.25, 0.3) is 0 Å². The third-order valence-corrected chi connectivity index (χ3v) is 3.15. The van der Waals surface area contributed by atoms with E-state index in [1.165, 1.54) is 0 Å². The Morgan fingerprint density at radius 1 is 0.882 bits per heavy atom. The van der Waals surface area contributed by atoms with Gasteiger partial charge < -0.3 is 5.11 Å². The fraction of sp³-hybridized carbons (Fsp3) is 0.571. The monoisotopic (exact) mass is 347 g/mol. The normalized spacial score (nSPS) is 12.2. The van der Waals surface area contributed by atoms with Crippen LogP contribution in [0.3, 0.4) is 0 Å². The Hall–Kier alpha value is 0.0195. The maximum atomic E-state index is 10.4. The molecule has 0 amide bonds. The van der Waals surface area contributed by atoms with Crippen LogP contribution in [0.5, 0.6) is 5.75 Å². The average molecular weight is 349 g/mol. The van der Waals surface area contributed by atoms with Crippen molar-refractivity contribution < 1.29 is 22.2 Å². The largest absolute Gasteiger partial charge is 2.00 e. The van der Waals surface area contributed by atoms with Gasteiger partial charge in [0.15, 0.2) is 0 Å². The summed E-state index contributed by atoms with van der Waals surface area (Å²) in [6.07, 6.45) is 0. The molecule has 17 heavy (non-hydrogen) atoms. The SMILES string of the molecule is CC(C)(C)c1cc(Br)cc(C(C)(C)C)c1O.[Cu+2]. The zero-order valence-corrected chi connectivity index (χ0v) is 13.8. The van der Waals surface area contributed by atoms with E-state index in [1.54, 1.807) is 0 Å². The van der Waals surface area contributed by atoms with Crippen LogP contribution >= 0.6 is 15.9 Å². The molecule has 1 nitrogen and oxygen atoms in total. The molecule has 0 atom stereocenters. The van der Waals surface area contributed by atoms with Crippen molar-refractivity contribution in [3.63, 3.8) is 0 Å². The molecule has 1 aromatic rings. The van der Waals surface area contributed by atoms with Crippen molar-refractivity contribution in [3.8, 4) is 5.75 Å². The molecule has 0 spiro atoms. The predicted molar refractivity (Wildman–Crippen MR) is 73.2 cm³/mol. The first-order valence-corrected chi connectivity index (χ1v) is 6.36. The van der Waals surface area contributed by atoms with Crippen LogP contribution in [0.15, 0.2) is 16.6 Å². The van der Waals surface area contributed by atoms with Crippen molar-refractivity contribution in [2.45, 2.75) is 52.4 Å². The molecule has 1 rings (SSSR count). The van der Waals surface area contributed by atoms with Gasteiger partial charge in [0.1, 0.15) is 5.75 Å². The molecule has 0 aliphatic heterocycles. The minimum atomic E-state index is -0.0478. The van der Waals surface area contributed by atoms with Gasteiger partial charge in [-0.15, -0.1) is 0 Å². The van der Waals surface area contributed by atoms with E-state index in [1.807, 2.05) is 12.1 Å². The quantitative estimate of drug-likeness (QED) is 0.671. The molecule has 0 unspecified atom stereocenters. The van der Waals surface area contributed by atoms with Gasteiger partial charge in [-0.25, -0.2) is 0 Å². The zero-order chi connectivity index (χ0) is 12.7. The summed E-state index contributed by atoms with van der Waals surface area (Å²) in [4.78, 5) is 0. The molecule has 1 aromatic carbocycles. The van der Waals surface area contributed by atoms with E-state index < -0.39 is 0 Å². The number of hydrogen-bond acceptors (Lipinski definition) is 1. The van der Waals surface area contributed by atoms with E-state index >= 15 is 0 Å². The molecular formula is C14H21BrCuO+2. The number of benzene rings is 1. The van der Waals surface area contributed by atoms with Crippen molar-refractivity contribution >= 4 is 15.9 Å². The van der Waals surface area contributed by atoms with Crippen molar-refractivity contribution in [1.29, 1.82) is 0 Å². The summed E-state index contributed by atoms with van der Waals surface area (Å²) >= 11 is 3.52. The van der Waals surface area contributed by atoms with Crippen LogP contribution in [0.2, 0.25) is 0 Å². The predicted octanol–water partition coefficient (Wildman–Crippen LogP) is 4.75. The molecule has 0 saturated heterocycles. The Bertz CT molecular complexity index is 365. The molecular weight excluding hydrogens is 328 g/mol. The summed E-state index contributed by atoms with van der Waals surface area (Å²) in [5.74, 6) is 0.434. The molecule has 0 aliphatic carbocycles. The van der Waals surface area contributed by atoms with Gasteiger partial charge in [0, 0.05) is 15.6 Å². The Kier molecular flexibility index (Phi) is 5.34. The van der Waals surface area contributed by atoms with Gasteiger partial charge >= 0.3 is 17.1 Å². The summed E-state index contributed by atoms with van der Waals surface area (Å²) in [7, 11) is 0. The number of halogens is 1. The van der Waals surface area contributed by atoms with E-state index in [0.717, 1.165) is 15.6 Å². The second-order valence-corrected chi connectivity index (χ2v) is 7.27. The van der Waals surface area contributed by atoms with Gasteiger partial charge in [0.2, 0.25) is 0 Å². The van der Waals surface area contributed by atoms with E-state index in [0.29, 0.717) is 5.75 Å². The summed E-state index contributed by atoms with van der Waals surface area (Å²) in [5, 5.41) is 10.4. The average Bonchev–Trinajstić information content (AvgIpc) is 2.04. The smallest absolute Gasteiger partial charge is 0.507 e. The van der Waals surface area contributed by atoms with Crippen LogP contribution in [0.4, 0.5) is 0 Å². The fourth-order valence-electron chi connectivity index (χ4n) is 1.74. The fourth-order valence-corrected chi connectivity index (χ4v) is 2.20. The van der Waals surface area contributed by atoms with Crippen LogP contribution in [-0.4, -0.2) is 5.11 Å². The molecule has 0 fully saturated rings. The van der Waals surface area contributed by atoms with Crippen molar-refractivity contribution in [2.24, 2.45) is 0 Å². The number of hydrogen-bond donors (Lipinski definition) is 1. The topological polar surface area (TPSA) is 20.2 Å². The van der Waals surface area contributed by atoms with Crippen molar-refractivity contribution in [3.05, 3.63) is 27.7 Å². The van der Waals surface area contributed by atoms with Gasteiger partial charge in [-0.1, -0.05) is 57.5 Å². The van der Waals surface area contributed by atoms with Crippen LogP contribution in [-0.2, 0) is 27.9 Å². The summed E-state index contributed by atoms with van der Waals surface area (Å²) in [6, 6.07) is 4.01. The zero-order valence-electron chi connectivity index (χ0n) is 11.3. The molecule has 1 N–H and O–H groups in total. The molecule has 99 valence electrons. The van der Waals surface area contributed by atoms with E-state index in [9.17, 15) is 5.11 Å². The standard InChI is InChI=1S/C14H21BrO.Cu/c1-13(2,3)10-7-9(15)8-11(12(10)16)14(4,5)6;/h7-8,16H,1-6H3;/q;+2. The maximum Gasteiger partial charge on any atom is 2.00 e.